The fourth-order valence-electron chi connectivity index (χ4n) is 1.62. The average molecular weight is 315 g/mol. The summed E-state index contributed by atoms with van der Waals surface area (Å²) in [5.74, 6) is 3.31. The van der Waals surface area contributed by atoms with Crippen molar-refractivity contribution >= 4 is 11.6 Å². The molecule has 0 unspecified atom stereocenters. The van der Waals surface area contributed by atoms with Crippen LogP contribution in [0, 0.1) is 11.8 Å². The first-order valence-corrected chi connectivity index (χ1v) is 6.39. The largest absolute Gasteiger partial charge is 0.493 e. The number of ether oxygens (including phenoxy) is 2. The highest BCUT2D eigenvalue weighted by Crippen LogP contribution is 2.39. The number of carbonyl (C=O) groups excluding carboxylic acids is 1. The minimum atomic E-state index is -5.02. The number of anilines is 1. The minimum Gasteiger partial charge on any atom is -0.493 e. The van der Waals surface area contributed by atoms with Crippen LogP contribution < -0.4 is 14.8 Å². The van der Waals surface area contributed by atoms with Crippen LogP contribution in [-0.4, -0.2) is 25.3 Å². The van der Waals surface area contributed by atoms with Gasteiger partial charge in [-0.1, -0.05) is 5.92 Å². The molecule has 1 N–H and O–H groups in total. The van der Waals surface area contributed by atoms with Crippen molar-refractivity contribution in [2.75, 3.05) is 12.4 Å². The van der Waals surface area contributed by atoms with Crippen LogP contribution in [0.5, 0.6) is 11.5 Å². The van der Waals surface area contributed by atoms with Gasteiger partial charge in [-0.25, -0.2) is 0 Å². The number of carbonyl (C=O) groups is 1. The summed E-state index contributed by atoms with van der Waals surface area (Å²) in [6.07, 6.45) is -5.35. The van der Waals surface area contributed by atoms with Crippen molar-refractivity contribution in [1.29, 1.82) is 0 Å². The molecule has 1 aromatic rings. The van der Waals surface area contributed by atoms with Crippen molar-refractivity contribution in [3.63, 3.8) is 0 Å². The molecule has 0 radical (unpaired) electrons. The van der Waals surface area contributed by atoms with Gasteiger partial charge in [-0.2, -0.15) is 13.2 Å². The molecule has 0 saturated carbocycles. The fraction of sp³-hybridized carbons (Fsp3) is 0.400. The molecule has 1 aromatic carbocycles. The molecule has 0 fully saturated rings. The molecule has 0 aliphatic rings. The molecule has 1 amide bonds. The summed E-state index contributed by atoms with van der Waals surface area (Å²) in [5.41, 5.74) is 0.0428. The van der Waals surface area contributed by atoms with Gasteiger partial charge >= 0.3 is 12.1 Å². The third kappa shape index (κ3) is 4.32. The molecule has 0 bridgehead atoms. The van der Waals surface area contributed by atoms with Gasteiger partial charge in [0.1, 0.15) is 5.69 Å². The van der Waals surface area contributed by atoms with Gasteiger partial charge in [0.05, 0.1) is 18.8 Å². The van der Waals surface area contributed by atoms with Crippen molar-refractivity contribution in [2.45, 2.75) is 33.1 Å². The number of nitrogens with one attached hydrogen (secondary N) is 1. The Bertz CT molecular complexity index is 613. The molecular weight excluding hydrogens is 299 g/mol. The van der Waals surface area contributed by atoms with Crippen LogP contribution in [0.25, 0.3) is 0 Å². The summed E-state index contributed by atoms with van der Waals surface area (Å²) in [5, 5.41) is 1.81. The van der Waals surface area contributed by atoms with Crippen LogP contribution in [0.4, 0.5) is 18.9 Å². The van der Waals surface area contributed by atoms with Gasteiger partial charge in [-0.05, 0) is 32.9 Å². The zero-order valence-electron chi connectivity index (χ0n) is 12.6. The Morgan fingerprint density at radius 3 is 2.41 bits per heavy atom. The fourth-order valence-corrected chi connectivity index (χ4v) is 1.62. The molecule has 0 aliphatic carbocycles. The summed E-state index contributed by atoms with van der Waals surface area (Å²) in [6, 6.07) is 2.97. The van der Waals surface area contributed by atoms with E-state index in [1.165, 1.54) is 26.2 Å². The third-order valence-corrected chi connectivity index (χ3v) is 2.45. The van der Waals surface area contributed by atoms with E-state index in [2.05, 4.69) is 11.8 Å². The summed E-state index contributed by atoms with van der Waals surface area (Å²) in [4.78, 5) is 11.2. The van der Waals surface area contributed by atoms with E-state index in [1.807, 2.05) is 5.32 Å². The van der Waals surface area contributed by atoms with Crippen molar-refractivity contribution in [3.8, 4) is 23.3 Å². The van der Waals surface area contributed by atoms with Gasteiger partial charge in [-0.15, -0.1) is 5.92 Å². The van der Waals surface area contributed by atoms with E-state index >= 15 is 0 Å². The Balaban J connectivity index is 3.45. The van der Waals surface area contributed by atoms with Crippen LogP contribution >= 0.6 is 0 Å². The van der Waals surface area contributed by atoms with Crippen LogP contribution in [-0.2, 0) is 4.79 Å². The first-order chi connectivity index (χ1) is 10.2. The number of benzene rings is 1. The number of rotatable bonds is 4. The molecule has 22 heavy (non-hydrogen) atoms. The van der Waals surface area contributed by atoms with Crippen molar-refractivity contribution in [1.82, 2.24) is 0 Å². The average Bonchev–Trinajstić information content (AvgIpc) is 2.40. The van der Waals surface area contributed by atoms with E-state index < -0.39 is 12.1 Å². The van der Waals surface area contributed by atoms with Gasteiger partial charge in [0, 0.05) is 0 Å². The first-order valence-electron chi connectivity index (χ1n) is 6.39. The van der Waals surface area contributed by atoms with Crippen molar-refractivity contribution in [3.05, 3.63) is 17.7 Å². The smallest absolute Gasteiger partial charge is 0.471 e. The lowest BCUT2D eigenvalue weighted by Crippen LogP contribution is -2.30. The number of methoxy groups -OCH3 is 1. The first kappa shape index (κ1) is 17.7. The van der Waals surface area contributed by atoms with Gasteiger partial charge in [0.15, 0.2) is 11.5 Å². The normalized spacial score (nSPS) is 10.7. The van der Waals surface area contributed by atoms with Gasteiger partial charge in [0.25, 0.3) is 0 Å². The maximum atomic E-state index is 12.5. The Morgan fingerprint density at radius 1 is 1.32 bits per heavy atom. The SMILES string of the molecule is CC#Cc1ccc(OC)c(OC(C)C)c1NC(=O)C(F)(F)F. The number of alkyl halides is 3. The topological polar surface area (TPSA) is 47.6 Å². The maximum Gasteiger partial charge on any atom is 0.471 e. The summed E-state index contributed by atoms with van der Waals surface area (Å²) in [6.45, 7) is 4.93. The monoisotopic (exact) mass is 315 g/mol. The Labute approximate surface area is 126 Å². The van der Waals surface area contributed by atoms with E-state index in [9.17, 15) is 18.0 Å². The standard InChI is InChI=1S/C15H16F3NO3/c1-5-6-10-7-8-11(21-4)13(22-9(2)3)12(10)19-14(20)15(16,17)18/h7-9H,1-4H3,(H,19,20). The number of amides is 1. The Kier molecular flexibility index (Phi) is 5.69. The lowest BCUT2D eigenvalue weighted by Gasteiger charge is -2.19. The zero-order valence-corrected chi connectivity index (χ0v) is 12.6. The molecule has 0 aliphatic heterocycles. The van der Waals surface area contributed by atoms with E-state index in [-0.39, 0.29) is 28.9 Å². The molecule has 0 aromatic heterocycles. The highest BCUT2D eigenvalue weighted by molar-refractivity contribution is 5.98. The molecule has 0 spiro atoms. The number of halogens is 3. The highest BCUT2D eigenvalue weighted by Gasteiger charge is 2.39. The number of hydrogen-bond donors (Lipinski definition) is 1. The molecule has 4 nitrogen and oxygen atoms in total. The number of hydrogen-bond acceptors (Lipinski definition) is 3. The van der Waals surface area contributed by atoms with Crippen molar-refractivity contribution < 1.29 is 27.4 Å². The molecule has 0 atom stereocenters. The highest BCUT2D eigenvalue weighted by atomic mass is 19.4. The lowest BCUT2D eigenvalue weighted by molar-refractivity contribution is -0.167. The molecular formula is C15H16F3NO3. The second-order valence-corrected chi connectivity index (χ2v) is 4.51. The van der Waals surface area contributed by atoms with Gasteiger partial charge < -0.3 is 14.8 Å². The van der Waals surface area contributed by atoms with Gasteiger partial charge in [-0.3, -0.25) is 4.79 Å². The van der Waals surface area contributed by atoms with Gasteiger partial charge in [0.2, 0.25) is 0 Å². The minimum absolute atomic E-state index is 0.00958. The summed E-state index contributed by atoms with van der Waals surface area (Å²) >= 11 is 0. The second-order valence-electron chi connectivity index (χ2n) is 4.51. The van der Waals surface area contributed by atoms with E-state index in [0.29, 0.717) is 0 Å². The third-order valence-electron chi connectivity index (χ3n) is 2.45. The van der Waals surface area contributed by atoms with E-state index in [0.717, 1.165) is 0 Å². The van der Waals surface area contributed by atoms with E-state index in [1.54, 1.807) is 13.8 Å². The summed E-state index contributed by atoms with van der Waals surface area (Å²) in [7, 11) is 1.35. The molecule has 0 saturated heterocycles. The summed E-state index contributed by atoms with van der Waals surface area (Å²) < 4.78 is 48.1. The van der Waals surface area contributed by atoms with E-state index in [4.69, 9.17) is 9.47 Å². The Morgan fingerprint density at radius 2 is 1.95 bits per heavy atom. The quantitative estimate of drug-likeness (QED) is 0.867. The predicted molar refractivity (Wildman–Crippen MR) is 76.0 cm³/mol. The van der Waals surface area contributed by atoms with Crippen LogP contribution in [0.3, 0.4) is 0 Å². The molecule has 1 rings (SSSR count). The van der Waals surface area contributed by atoms with Crippen molar-refractivity contribution in [2.24, 2.45) is 0 Å². The second kappa shape index (κ2) is 7.07. The molecule has 120 valence electrons. The molecule has 7 heteroatoms. The zero-order chi connectivity index (χ0) is 16.9. The van der Waals surface area contributed by atoms with Crippen LogP contribution in [0.1, 0.15) is 26.3 Å². The predicted octanol–water partition coefficient (Wildman–Crippen LogP) is 3.35. The van der Waals surface area contributed by atoms with Crippen LogP contribution in [0.2, 0.25) is 0 Å². The molecule has 0 heterocycles. The maximum absolute atomic E-state index is 12.5. The lowest BCUT2D eigenvalue weighted by atomic mass is 10.1. The Hall–Kier alpha value is -2.36. The van der Waals surface area contributed by atoms with Crippen LogP contribution in [0.15, 0.2) is 12.1 Å².